The zero-order chi connectivity index (χ0) is 26.7. The summed E-state index contributed by atoms with van der Waals surface area (Å²) in [5.74, 6) is 0.105. The van der Waals surface area contributed by atoms with Crippen molar-refractivity contribution in [2.45, 2.75) is 53.5 Å². The molecule has 0 atom stereocenters. The largest absolute Gasteiger partial charge is 0.351 e. The molecule has 3 aromatic carbocycles. The molecule has 0 unspecified atom stereocenters. The number of carbonyl (C=O) groups excluding carboxylic acids is 2. The average molecular weight is 496 g/mol. The quantitative estimate of drug-likeness (QED) is 0.292. The second-order valence-corrected chi connectivity index (χ2v) is 11.3. The molecule has 0 saturated heterocycles. The summed E-state index contributed by atoms with van der Waals surface area (Å²) in [6.07, 6.45) is 0. The summed E-state index contributed by atoms with van der Waals surface area (Å²) < 4.78 is 2.05. The van der Waals surface area contributed by atoms with E-state index in [4.69, 9.17) is 0 Å². The highest BCUT2D eigenvalue weighted by molar-refractivity contribution is 6.06. The van der Waals surface area contributed by atoms with E-state index < -0.39 is 0 Å². The van der Waals surface area contributed by atoms with E-state index in [2.05, 4.69) is 74.9 Å². The molecule has 0 bridgehead atoms. The molecule has 1 heterocycles. The molecule has 0 aliphatic rings. The van der Waals surface area contributed by atoms with E-state index in [1.165, 1.54) is 11.1 Å². The molecule has 0 aliphatic carbocycles. The maximum atomic E-state index is 13.1. The van der Waals surface area contributed by atoms with Crippen LogP contribution in [0.5, 0.6) is 0 Å². The Morgan fingerprint density at radius 1 is 0.892 bits per heavy atom. The SMILES string of the molecule is Cc1cccc(Cn2c(C(=O)NCC(C)C)cc3cc(NC(=O)c4ccc(C(C)(C)C)cc4)ccc32)c1. The smallest absolute Gasteiger partial charge is 0.267 e. The molecular weight excluding hydrogens is 458 g/mol. The van der Waals surface area contributed by atoms with E-state index in [1.807, 2.05) is 54.6 Å². The van der Waals surface area contributed by atoms with E-state index in [0.717, 1.165) is 16.5 Å². The summed E-state index contributed by atoms with van der Waals surface area (Å²) in [7, 11) is 0. The summed E-state index contributed by atoms with van der Waals surface area (Å²) >= 11 is 0. The number of benzene rings is 3. The Morgan fingerprint density at radius 3 is 2.27 bits per heavy atom. The Balaban J connectivity index is 1.64. The first-order valence-electron chi connectivity index (χ1n) is 12.9. The van der Waals surface area contributed by atoms with Crippen molar-refractivity contribution in [3.63, 3.8) is 0 Å². The predicted molar refractivity (Wildman–Crippen MR) is 152 cm³/mol. The second-order valence-electron chi connectivity index (χ2n) is 11.3. The predicted octanol–water partition coefficient (Wildman–Crippen LogP) is 6.93. The fraction of sp³-hybridized carbons (Fsp3) is 0.312. The molecule has 0 spiro atoms. The van der Waals surface area contributed by atoms with Crippen LogP contribution in [0.3, 0.4) is 0 Å². The number of aryl methyl sites for hydroxylation is 1. The molecular formula is C32H37N3O2. The van der Waals surface area contributed by atoms with Gasteiger partial charge in [-0.1, -0.05) is 76.6 Å². The van der Waals surface area contributed by atoms with Gasteiger partial charge in [0.05, 0.1) is 0 Å². The maximum absolute atomic E-state index is 13.1. The van der Waals surface area contributed by atoms with E-state index in [1.54, 1.807) is 0 Å². The number of hydrogen-bond donors (Lipinski definition) is 2. The van der Waals surface area contributed by atoms with E-state index in [9.17, 15) is 9.59 Å². The lowest BCUT2D eigenvalue weighted by atomic mass is 9.87. The molecule has 5 nitrogen and oxygen atoms in total. The number of carbonyl (C=O) groups is 2. The van der Waals surface area contributed by atoms with Gasteiger partial charge < -0.3 is 15.2 Å². The monoisotopic (exact) mass is 495 g/mol. The van der Waals surface area contributed by atoms with Crippen molar-refractivity contribution in [3.05, 3.63) is 101 Å². The van der Waals surface area contributed by atoms with Gasteiger partial charge in [-0.05, 0) is 65.8 Å². The van der Waals surface area contributed by atoms with Crippen molar-refractivity contribution < 1.29 is 9.59 Å². The second kappa shape index (κ2) is 10.6. The zero-order valence-electron chi connectivity index (χ0n) is 22.7. The van der Waals surface area contributed by atoms with Crippen LogP contribution in [0, 0.1) is 12.8 Å². The molecule has 0 aliphatic heterocycles. The Bertz CT molecular complexity index is 1420. The standard InChI is InChI=1S/C32H37N3O2/c1-21(2)19-33-31(37)29-18-25-17-27(34-30(36)24-10-12-26(13-11-24)32(4,5)6)14-15-28(25)35(29)20-23-9-7-8-22(3)16-23/h7-18,21H,19-20H2,1-6H3,(H,33,37)(H,34,36). The van der Waals surface area contributed by atoms with Crippen LogP contribution >= 0.6 is 0 Å². The van der Waals surface area contributed by atoms with E-state index in [-0.39, 0.29) is 17.2 Å². The van der Waals surface area contributed by atoms with E-state index >= 15 is 0 Å². The van der Waals surface area contributed by atoms with Crippen LogP contribution in [0.4, 0.5) is 5.69 Å². The van der Waals surface area contributed by atoms with Crippen LogP contribution in [0.1, 0.15) is 72.2 Å². The summed E-state index contributed by atoms with van der Waals surface area (Å²) in [4.78, 5) is 26.1. The van der Waals surface area contributed by atoms with Gasteiger partial charge in [-0.15, -0.1) is 0 Å². The van der Waals surface area contributed by atoms with Crippen molar-refractivity contribution >= 4 is 28.4 Å². The number of anilines is 1. The molecule has 4 aromatic rings. The number of nitrogens with one attached hydrogen (secondary N) is 2. The number of fused-ring (bicyclic) bond motifs is 1. The van der Waals surface area contributed by atoms with Gasteiger partial charge in [0.25, 0.3) is 11.8 Å². The van der Waals surface area contributed by atoms with Crippen molar-refractivity contribution in [1.29, 1.82) is 0 Å². The topological polar surface area (TPSA) is 63.1 Å². The minimum absolute atomic E-state index is 0.0326. The summed E-state index contributed by atoms with van der Waals surface area (Å²) in [6.45, 7) is 13.9. The van der Waals surface area contributed by atoms with Gasteiger partial charge in [0.1, 0.15) is 5.69 Å². The molecule has 2 N–H and O–H groups in total. The van der Waals surface area contributed by atoms with Crippen molar-refractivity contribution in [3.8, 4) is 0 Å². The van der Waals surface area contributed by atoms with Crippen LogP contribution in [-0.4, -0.2) is 22.9 Å². The van der Waals surface area contributed by atoms with Crippen LogP contribution < -0.4 is 10.6 Å². The normalized spacial score (nSPS) is 11.6. The summed E-state index contributed by atoms with van der Waals surface area (Å²) in [6, 6.07) is 23.8. The van der Waals surface area contributed by atoms with Gasteiger partial charge in [0.15, 0.2) is 0 Å². The first-order chi connectivity index (χ1) is 17.5. The number of hydrogen-bond acceptors (Lipinski definition) is 2. The Hall–Kier alpha value is -3.86. The van der Waals surface area contributed by atoms with Crippen molar-refractivity contribution in [2.24, 2.45) is 5.92 Å². The Labute approximate surface area is 219 Å². The van der Waals surface area contributed by atoms with Gasteiger partial charge in [-0.25, -0.2) is 0 Å². The molecule has 1 aromatic heterocycles. The van der Waals surface area contributed by atoms with Gasteiger partial charge in [-0.2, -0.15) is 0 Å². The highest BCUT2D eigenvalue weighted by atomic mass is 16.2. The number of aromatic nitrogens is 1. The molecule has 192 valence electrons. The van der Waals surface area contributed by atoms with Crippen LogP contribution in [0.15, 0.2) is 72.8 Å². The van der Waals surface area contributed by atoms with Gasteiger partial charge in [-0.3, -0.25) is 9.59 Å². The third-order valence-corrected chi connectivity index (χ3v) is 6.50. The van der Waals surface area contributed by atoms with Gasteiger partial charge in [0, 0.05) is 35.2 Å². The molecule has 37 heavy (non-hydrogen) atoms. The van der Waals surface area contributed by atoms with Crippen molar-refractivity contribution in [2.75, 3.05) is 11.9 Å². The van der Waals surface area contributed by atoms with Crippen LogP contribution in [-0.2, 0) is 12.0 Å². The lowest BCUT2D eigenvalue weighted by Crippen LogP contribution is -2.29. The first kappa shape index (κ1) is 26.2. The fourth-order valence-corrected chi connectivity index (χ4v) is 4.41. The fourth-order valence-electron chi connectivity index (χ4n) is 4.41. The van der Waals surface area contributed by atoms with E-state index in [0.29, 0.717) is 36.0 Å². The molecule has 0 saturated carbocycles. The summed E-state index contributed by atoms with van der Waals surface area (Å²) in [5, 5.41) is 6.97. The minimum atomic E-state index is -0.158. The maximum Gasteiger partial charge on any atom is 0.267 e. The average Bonchev–Trinajstić information content (AvgIpc) is 3.19. The number of nitrogens with zero attached hydrogens (tertiary/aromatic N) is 1. The third-order valence-electron chi connectivity index (χ3n) is 6.50. The molecule has 0 fully saturated rings. The Morgan fingerprint density at radius 2 is 1.62 bits per heavy atom. The van der Waals surface area contributed by atoms with Crippen LogP contribution in [0.25, 0.3) is 10.9 Å². The van der Waals surface area contributed by atoms with Crippen molar-refractivity contribution in [1.82, 2.24) is 9.88 Å². The Kier molecular flexibility index (Phi) is 7.53. The zero-order valence-corrected chi connectivity index (χ0v) is 22.7. The molecule has 0 radical (unpaired) electrons. The highest BCUT2D eigenvalue weighted by Gasteiger charge is 2.18. The van der Waals surface area contributed by atoms with Gasteiger partial charge in [0.2, 0.25) is 0 Å². The lowest BCUT2D eigenvalue weighted by molar-refractivity contribution is 0.0940. The number of amides is 2. The van der Waals surface area contributed by atoms with Crippen LogP contribution in [0.2, 0.25) is 0 Å². The lowest BCUT2D eigenvalue weighted by Gasteiger charge is -2.19. The first-order valence-corrected chi connectivity index (χ1v) is 12.9. The minimum Gasteiger partial charge on any atom is -0.351 e. The molecule has 5 heteroatoms. The molecule has 2 amide bonds. The van der Waals surface area contributed by atoms with Gasteiger partial charge >= 0.3 is 0 Å². The third kappa shape index (κ3) is 6.29. The molecule has 4 rings (SSSR count). The number of rotatable bonds is 7. The summed E-state index contributed by atoms with van der Waals surface area (Å²) in [5.41, 5.74) is 6.39. The highest BCUT2D eigenvalue weighted by Crippen LogP contribution is 2.26.